The zero-order chi connectivity index (χ0) is 17.6. The van der Waals surface area contributed by atoms with E-state index in [2.05, 4.69) is 5.32 Å². The Bertz CT molecular complexity index is 722. The zero-order valence-electron chi connectivity index (χ0n) is 13.7. The van der Waals surface area contributed by atoms with Crippen molar-refractivity contribution >= 4 is 17.8 Å². The molecule has 0 bridgehead atoms. The number of hydrogen-bond acceptors (Lipinski definition) is 5. The average Bonchev–Trinajstić information content (AvgIpc) is 3.01. The number of carbonyl (C=O) groups is 3. The molecule has 2 aliphatic rings. The van der Waals surface area contributed by atoms with E-state index in [9.17, 15) is 18.8 Å². The van der Waals surface area contributed by atoms with Gasteiger partial charge in [-0.1, -0.05) is 12.1 Å². The molecule has 1 N–H and O–H groups in total. The minimum atomic E-state index is -1.34. The second-order valence-electron chi connectivity index (χ2n) is 6.30. The van der Waals surface area contributed by atoms with Gasteiger partial charge in [0.15, 0.2) is 0 Å². The number of rotatable bonds is 3. The lowest BCUT2D eigenvalue weighted by atomic mass is 9.80. The molecule has 4 atom stereocenters. The van der Waals surface area contributed by atoms with E-state index < -0.39 is 41.1 Å². The number of fused-ring (bicyclic) bond motifs is 1. The number of nitrogens with zero attached hydrogens (tertiary/aromatic N) is 1. The predicted molar refractivity (Wildman–Crippen MR) is 82.1 cm³/mol. The normalized spacial score (nSPS) is 32.2. The highest BCUT2D eigenvalue weighted by Crippen LogP contribution is 2.48. The third-order valence-corrected chi connectivity index (χ3v) is 5.01. The van der Waals surface area contributed by atoms with Crippen LogP contribution in [0.1, 0.15) is 25.5 Å². The summed E-state index contributed by atoms with van der Waals surface area (Å²) in [6.45, 7) is 3.49. The molecule has 24 heavy (non-hydrogen) atoms. The number of amides is 2. The van der Waals surface area contributed by atoms with Gasteiger partial charge in [-0.2, -0.15) is 0 Å². The van der Waals surface area contributed by atoms with Crippen molar-refractivity contribution in [2.45, 2.75) is 25.4 Å². The number of esters is 1. The molecule has 128 valence electrons. The Hall–Kier alpha value is -2.28. The monoisotopic (exact) mass is 334 g/mol. The number of methoxy groups -OCH3 is 1. The van der Waals surface area contributed by atoms with Gasteiger partial charge in [0.05, 0.1) is 18.9 Å². The molecule has 2 fully saturated rings. The fourth-order valence-electron chi connectivity index (χ4n) is 3.90. The highest BCUT2D eigenvalue weighted by molar-refractivity contribution is 6.09. The summed E-state index contributed by atoms with van der Waals surface area (Å²) in [5.41, 5.74) is -0.815. The number of benzene rings is 1. The SMILES string of the molecule is CCN1C(=O)[C@H]2[C@@H](C1=O)[C@@](C)(C(=O)OC)N[C@H]2c1cccc(F)c1. The maximum absolute atomic E-state index is 13.6. The van der Waals surface area contributed by atoms with E-state index in [0.29, 0.717) is 5.56 Å². The maximum atomic E-state index is 13.6. The zero-order valence-corrected chi connectivity index (χ0v) is 13.7. The van der Waals surface area contributed by atoms with Gasteiger partial charge in [-0.15, -0.1) is 0 Å². The second-order valence-corrected chi connectivity index (χ2v) is 6.30. The van der Waals surface area contributed by atoms with Crippen molar-refractivity contribution < 1.29 is 23.5 Å². The smallest absolute Gasteiger partial charge is 0.326 e. The number of halogens is 1. The standard InChI is InChI=1S/C17H19FN2O4/c1-4-20-14(21)11-12(15(20)22)17(2,16(23)24-3)19-13(11)9-6-5-7-10(18)8-9/h5-8,11-13,19H,4H2,1-3H3/t11-,12-,13-,17-/m0/s1. The van der Waals surface area contributed by atoms with E-state index in [1.54, 1.807) is 19.9 Å². The van der Waals surface area contributed by atoms with Crippen LogP contribution in [0.25, 0.3) is 0 Å². The molecule has 2 amide bonds. The third kappa shape index (κ3) is 2.15. The van der Waals surface area contributed by atoms with Crippen molar-refractivity contribution in [1.29, 1.82) is 0 Å². The van der Waals surface area contributed by atoms with E-state index in [0.717, 1.165) is 4.90 Å². The Morgan fingerprint density at radius 2 is 2.08 bits per heavy atom. The molecule has 0 aromatic heterocycles. The number of imide groups is 1. The molecular weight excluding hydrogens is 315 g/mol. The Labute approximate surface area is 139 Å². The third-order valence-electron chi connectivity index (χ3n) is 5.01. The van der Waals surface area contributed by atoms with Crippen LogP contribution in [0, 0.1) is 17.7 Å². The fraction of sp³-hybridized carbons (Fsp3) is 0.471. The molecule has 2 saturated heterocycles. The number of ether oxygens (including phenoxy) is 1. The van der Waals surface area contributed by atoms with Gasteiger partial charge in [0.2, 0.25) is 11.8 Å². The van der Waals surface area contributed by atoms with Crippen LogP contribution in [0.3, 0.4) is 0 Å². The number of hydrogen-bond donors (Lipinski definition) is 1. The van der Waals surface area contributed by atoms with E-state index in [1.165, 1.54) is 25.3 Å². The maximum Gasteiger partial charge on any atom is 0.326 e. The Morgan fingerprint density at radius 1 is 1.38 bits per heavy atom. The summed E-state index contributed by atoms with van der Waals surface area (Å²) in [5, 5.41) is 3.06. The van der Waals surface area contributed by atoms with Crippen LogP contribution in [0.15, 0.2) is 24.3 Å². The van der Waals surface area contributed by atoms with Crippen LogP contribution in [0.5, 0.6) is 0 Å². The molecule has 1 aromatic rings. The average molecular weight is 334 g/mol. The van der Waals surface area contributed by atoms with E-state index in [1.807, 2.05) is 0 Å². The first-order valence-electron chi connectivity index (χ1n) is 7.82. The highest BCUT2D eigenvalue weighted by atomic mass is 19.1. The minimum absolute atomic E-state index is 0.234. The van der Waals surface area contributed by atoms with Gasteiger partial charge in [-0.05, 0) is 31.5 Å². The summed E-state index contributed by atoms with van der Waals surface area (Å²) in [5.74, 6) is -3.43. The first kappa shape index (κ1) is 16.6. The largest absolute Gasteiger partial charge is 0.468 e. The number of nitrogens with one attached hydrogen (secondary N) is 1. The summed E-state index contributed by atoms with van der Waals surface area (Å²) >= 11 is 0. The second kappa shape index (κ2) is 5.66. The van der Waals surface area contributed by atoms with Crippen LogP contribution >= 0.6 is 0 Å². The van der Waals surface area contributed by atoms with E-state index >= 15 is 0 Å². The van der Waals surface area contributed by atoms with Gasteiger partial charge in [0.1, 0.15) is 11.4 Å². The van der Waals surface area contributed by atoms with E-state index in [-0.39, 0.29) is 12.5 Å². The van der Waals surface area contributed by atoms with Crippen molar-refractivity contribution in [3.63, 3.8) is 0 Å². The minimum Gasteiger partial charge on any atom is -0.468 e. The Morgan fingerprint density at radius 3 is 2.67 bits per heavy atom. The Kier molecular flexibility index (Phi) is 3.91. The quantitative estimate of drug-likeness (QED) is 0.660. The first-order chi connectivity index (χ1) is 11.3. The summed E-state index contributed by atoms with van der Waals surface area (Å²) in [4.78, 5) is 38.9. The lowest BCUT2D eigenvalue weighted by Gasteiger charge is -2.28. The molecule has 0 radical (unpaired) electrons. The van der Waals surface area contributed by atoms with Crippen molar-refractivity contribution in [3.8, 4) is 0 Å². The van der Waals surface area contributed by atoms with Gasteiger partial charge in [0, 0.05) is 12.6 Å². The van der Waals surface area contributed by atoms with Crippen LogP contribution in [-0.2, 0) is 19.1 Å². The summed E-state index contributed by atoms with van der Waals surface area (Å²) in [7, 11) is 1.23. The Balaban J connectivity index is 2.11. The molecule has 1 aromatic carbocycles. The van der Waals surface area contributed by atoms with Crippen molar-refractivity contribution in [2.75, 3.05) is 13.7 Å². The topological polar surface area (TPSA) is 75.7 Å². The molecule has 0 spiro atoms. The first-order valence-corrected chi connectivity index (χ1v) is 7.82. The van der Waals surface area contributed by atoms with Crippen molar-refractivity contribution in [2.24, 2.45) is 11.8 Å². The van der Waals surface area contributed by atoms with Crippen LogP contribution in [0.2, 0.25) is 0 Å². The molecular formula is C17H19FN2O4. The van der Waals surface area contributed by atoms with Crippen LogP contribution in [0.4, 0.5) is 4.39 Å². The molecule has 7 heteroatoms. The van der Waals surface area contributed by atoms with Gasteiger partial charge < -0.3 is 4.74 Å². The summed E-state index contributed by atoms with van der Waals surface area (Å²) in [6.07, 6.45) is 0. The highest BCUT2D eigenvalue weighted by Gasteiger charge is 2.66. The molecule has 0 unspecified atom stereocenters. The van der Waals surface area contributed by atoms with Gasteiger partial charge in [-0.25, -0.2) is 4.39 Å². The lowest BCUT2D eigenvalue weighted by molar-refractivity contribution is -0.153. The molecule has 0 aliphatic carbocycles. The van der Waals surface area contributed by atoms with Gasteiger partial charge in [0.25, 0.3) is 0 Å². The predicted octanol–water partition coefficient (Wildman–Crippen LogP) is 1.02. The number of likely N-dealkylation sites (tertiary alicyclic amines) is 1. The number of carbonyl (C=O) groups excluding carboxylic acids is 3. The molecule has 2 heterocycles. The van der Waals surface area contributed by atoms with Crippen LogP contribution in [-0.4, -0.2) is 41.9 Å². The summed E-state index contributed by atoms with van der Waals surface area (Å²) in [6, 6.07) is 5.18. The molecule has 3 rings (SSSR count). The van der Waals surface area contributed by atoms with Crippen molar-refractivity contribution in [3.05, 3.63) is 35.6 Å². The molecule has 0 saturated carbocycles. The lowest BCUT2D eigenvalue weighted by Crippen LogP contribution is -2.53. The van der Waals surface area contributed by atoms with Gasteiger partial charge >= 0.3 is 5.97 Å². The van der Waals surface area contributed by atoms with Crippen LogP contribution < -0.4 is 5.32 Å². The fourth-order valence-corrected chi connectivity index (χ4v) is 3.90. The van der Waals surface area contributed by atoms with E-state index in [4.69, 9.17) is 4.74 Å². The summed E-state index contributed by atoms with van der Waals surface area (Å²) < 4.78 is 18.5. The molecule has 6 nitrogen and oxygen atoms in total. The van der Waals surface area contributed by atoms with Gasteiger partial charge in [-0.3, -0.25) is 24.6 Å². The van der Waals surface area contributed by atoms with Crippen molar-refractivity contribution in [1.82, 2.24) is 10.2 Å². The molecule has 2 aliphatic heterocycles.